The number of carbonyl (C=O) groups is 1. The van der Waals surface area contributed by atoms with Gasteiger partial charge in [-0.25, -0.2) is 0 Å². The Hall–Kier alpha value is -1.47. The second-order valence-corrected chi connectivity index (χ2v) is 14.8. The van der Waals surface area contributed by atoms with E-state index in [0.29, 0.717) is 6.42 Å². The van der Waals surface area contributed by atoms with E-state index in [1.165, 1.54) is 25.7 Å². The zero-order chi connectivity index (χ0) is 41.4. The van der Waals surface area contributed by atoms with E-state index < -0.39 is 124 Å². The van der Waals surface area contributed by atoms with Crippen molar-refractivity contribution < 1.29 is 89.4 Å². The molecule has 19 heteroatoms. The van der Waals surface area contributed by atoms with Crippen molar-refractivity contribution in [2.45, 2.75) is 189 Å². The molecule has 0 aromatic rings. The molecule has 0 radical (unpaired) electrons. The Labute approximate surface area is 327 Å². The van der Waals surface area contributed by atoms with E-state index in [1.807, 2.05) is 13.0 Å². The van der Waals surface area contributed by atoms with Crippen molar-refractivity contribution in [3.8, 4) is 0 Å². The van der Waals surface area contributed by atoms with Crippen LogP contribution in [0, 0.1) is 0 Å². The molecule has 3 aliphatic heterocycles. The molecular weight excluding hydrogens is 746 g/mol. The Bertz CT molecular complexity index is 1120. The number of amides is 1. The maximum absolute atomic E-state index is 12.6. The van der Waals surface area contributed by atoms with Crippen LogP contribution in [0.5, 0.6) is 0 Å². The summed E-state index contributed by atoms with van der Waals surface area (Å²) in [6, 6.07) is -0.958. The van der Waals surface area contributed by atoms with Gasteiger partial charge in [0.05, 0.1) is 38.6 Å². The normalized spacial score (nSPS) is 37.8. The van der Waals surface area contributed by atoms with Crippen LogP contribution in [0.4, 0.5) is 0 Å². The van der Waals surface area contributed by atoms with Gasteiger partial charge in [0.1, 0.15) is 73.2 Å². The van der Waals surface area contributed by atoms with E-state index >= 15 is 0 Å². The van der Waals surface area contributed by atoms with E-state index in [1.54, 1.807) is 6.08 Å². The fraction of sp³-hybridized carbons (Fsp3) is 0.919. The summed E-state index contributed by atoms with van der Waals surface area (Å²) in [4.78, 5) is 12.6. The van der Waals surface area contributed by atoms with Crippen LogP contribution in [0.3, 0.4) is 0 Å². The number of aliphatic hydroxyl groups excluding tert-OH is 11. The summed E-state index contributed by atoms with van der Waals surface area (Å²) in [6.07, 6.45) is -13.0. The molecule has 3 fully saturated rings. The van der Waals surface area contributed by atoms with E-state index in [-0.39, 0.29) is 18.9 Å². The highest BCUT2D eigenvalue weighted by Gasteiger charge is 2.53. The average molecular weight is 814 g/mol. The Morgan fingerprint density at radius 2 is 1.11 bits per heavy atom. The molecule has 0 aromatic heterocycles. The van der Waals surface area contributed by atoms with Gasteiger partial charge in [0.2, 0.25) is 5.91 Å². The second kappa shape index (κ2) is 25.2. The molecule has 17 unspecified atom stereocenters. The molecule has 3 saturated heterocycles. The van der Waals surface area contributed by atoms with Gasteiger partial charge in [-0.05, 0) is 19.3 Å². The lowest BCUT2D eigenvalue weighted by Gasteiger charge is -2.48. The van der Waals surface area contributed by atoms with Crippen LogP contribution in [0.2, 0.25) is 0 Å². The predicted molar refractivity (Wildman–Crippen MR) is 194 cm³/mol. The minimum absolute atomic E-state index is 0.218. The van der Waals surface area contributed by atoms with Gasteiger partial charge in [-0.15, -0.1) is 0 Å². The van der Waals surface area contributed by atoms with Crippen molar-refractivity contribution in [1.82, 2.24) is 5.32 Å². The van der Waals surface area contributed by atoms with Gasteiger partial charge >= 0.3 is 0 Å². The van der Waals surface area contributed by atoms with Gasteiger partial charge < -0.3 is 89.9 Å². The maximum atomic E-state index is 12.6. The minimum atomic E-state index is -1.97. The van der Waals surface area contributed by atoms with Crippen molar-refractivity contribution in [3.05, 3.63) is 12.2 Å². The van der Waals surface area contributed by atoms with Crippen LogP contribution < -0.4 is 5.32 Å². The average Bonchev–Trinajstić information content (AvgIpc) is 3.19. The second-order valence-electron chi connectivity index (χ2n) is 14.8. The molecule has 0 spiro atoms. The molecule has 3 rings (SSSR count). The molecule has 0 bridgehead atoms. The quantitative estimate of drug-likeness (QED) is 0.0346. The van der Waals surface area contributed by atoms with Gasteiger partial charge in [-0.2, -0.15) is 0 Å². The van der Waals surface area contributed by atoms with Gasteiger partial charge in [0.25, 0.3) is 0 Å². The molecule has 3 aliphatic rings. The van der Waals surface area contributed by atoms with Crippen LogP contribution in [0.25, 0.3) is 0 Å². The van der Waals surface area contributed by atoms with Crippen LogP contribution in [-0.4, -0.2) is 193 Å². The Balaban J connectivity index is 1.62. The maximum Gasteiger partial charge on any atom is 0.220 e. The lowest BCUT2D eigenvalue weighted by molar-refractivity contribution is -0.379. The van der Waals surface area contributed by atoms with E-state index in [2.05, 4.69) is 12.2 Å². The predicted octanol–water partition coefficient (Wildman–Crippen LogP) is -2.82. The number of hydrogen-bond donors (Lipinski definition) is 12. The number of allylic oxidation sites excluding steroid dienone is 1. The first-order valence-electron chi connectivity index (χ1n) is 19.9. The first-order chi connectivity index (χ1) is 26.8. The van der Waals surface area contributed by atoms with E-state index in [4.69, 9.17) is 28.4 Å². The Morgan fingerprint density at radius 1 is 0.625 bits per heavy atom. The van der Waals surface area contributed by atoms with Gasteiger partial charge in [0, 0.05) is 6.42 Å². The summed E-state index contributed by atoms with van der Waals surface area (Å²) in [5.41, 5.74) is 0. The molecule has 12 N–H and O–H groups in total. The number of nitrogens with one attached hydrogen (secondary N) is 1. The van der Waals surface area contributed by atoms with Crippen molar-refractivity contribution in [2.75, 3.05) is 26.4 Å². The molecule has 0 aromatic carbocycles. The Morgan fingerprint density at radius 3 is 1.66 bits per heavy atom. The third-order valence-electron chi connectivity index (χ3n) is 10.3. The minimum Gasteiger partial charge on any atom is -0.394 e. The standard InChI is InChI=1S/C37H67NO18/c1-3-5-7-8-9-10-11-12-13-14-21(42)20(38-25(43)15-6-4-2)19-51-35-31(49)28(46)33(23(17-40)53-35)56-37-32(50)29(47)34(24(18-41)54-37)55-36-30(48)27(45)26(44)22(16-39)52-36/h13-14,20-24,26-37,39-42,44-50H,3-12,15-19H2,1-2H3,(H,38,43)/b14-13+. The third kappa shape index (κ3) is 13.8. The zero-order valence-corrected chi connectivity index (χ0v) is 32.4. The van der Waals surface area contributed by atoms with E-state index in [9.17, 15) is 61.0 Å². The van der Waals surface area contributed by atoms with Gasteiger partial charge in [0.15, 0.2) is 18.9 Å². The number of aliphatic hydroxyl groups is 11. The molecule has 56 heavy (non-hydrogen) atoms. The monoisotopic (exact) mass is 813 g/mol. The molecule has 17 atom stereocenters. The van der Waals surface area contributed by atoms with Crippen molar-refractivity contribution in [1.29, 1.82) is 0 Å². The summed E-state index contributed by atoms with van der Waals surface area (Å²) in [7, 11) is 0. The first-order valence-corrected chi connectivity index (χ1v) is 19.9. The van der Waals surface area contributed by atoms with Crippen molar-refractivity contribution >= 4 is 5.91 Å². The molecule has 1 amide bonds. The third-order valence-corrected chi connectivity index (χ3v) is 10.3. The van der Waals surface area contributed by atoms with Gasteiger partial charge in [-0.1, -0.05) is 70.9 Å². The Kier molecular flexibility index (Phi) is 22.0. The molecule has 19 nitrogen and oxygen atoms in total. The molecule has 0 aliphatic carbocycles. The van der Waals surface area contributed by atoms with Gasteiger partial charge in [-0.3, -0.25) is 4.79 Å². The molecule has 328 valence electrons. The molecule has 0 saturated carbocycles. The van der Waals surface area contributed by atoms with Crippen LogP contribution >= 0.6 is 0 Å². The number of hydrogen-bond acceptors (Lipinski definition) is 18. The summed E-state index contributed by atoms with van der Waals surface area (Å²) in [5, 5.41) is 118. The van der Waals surface area contributed by atoms with Crippen LogP contribution in [-0.2, 0) is 33.2 Å². The fourth-order valence-corrected chi connectivity index (χ4v) is 6.81. The first kappa shape index (κ1) is 48.9. The lowest BCUT2D eigenvalue weighted by Crippen LogP contribution is -2.66. The highest BCUT2D eigenvalue weighted by molar-refractivity contribution is 5.76. The summed E-state index contributed by atoms with van der Waals surface area (Å²) in [5.74, 6) is -0.318. The van der Waals surface area contributed by atoms with E-state index in [0.717, 1.165) is 32.1 Å². The highest BCUT2D eigenvalue weighted by Crippen LogP contribution is 2.32. The summed E-state index contributed by atoms with van der Waals surface area (Å²) >= 11 is 0. The zero-order valence-electron chi connectivity index (χ0n) is 32.4. The number of carbonyl (C=O) groups excluding carboxylic acids is 1. The number of rotatable bonds is 24. The fourth-order valence-electron chi connectivity index (χ4n) is 6.81. The SMILES string of the molecule is CCCCCCCCC/C=C/C(O)C(COC1OC(CO)C(OC2OC(CO)C(OC3OC(CO)C(O)C(O)C3O)C(O)C2O)C(O)C1O)NC(=O)CCCC. The lowest BCUT2D eigenvalue weighted by atomic mass is 9.96. The summed E-state index contributed by atoms with van der Waals surface area (Å²) < 4.78 is 33.7. The number of ether oxygens (including phenoxy) is 6. The topological polar surface area (TPSA) is 307 Å². The molecular formula is C37H67NO18. The largest absolute Gasteiger partial charge is 0.394 e. The van der Waals surface area contributed by atoms with Crippen molar-refractivity contribution in [3.63, 3.8) is 0 Å². The smallest absolute Gasteiger partial charge is 0.220 e. The highest BCUT2D eigenvalue weighted by atomic mass is 16.8. The number of unbranched alkanes of at least 4 members (excludes halogenated alkanes) is 8. The van der Waals surface area contributed by atoms with Crippen LogP contribution in [0.15, 0.2) is 12.2 Å². The van der Waals surface area contributed by atoms with Crippen molar-refractivity contribution in [2.24, 2.45) is 0 Å². The molecule has 3 heterocycles. The van der Waals surface area contributed by atoms with Crippen LogP contribution in [0.1, 0.15) is 84.5 Å². The summed E-state index contributed by atoms with van der Waals surface area (Å²) in [6.45, 7) is 1.33.